The quantitative estimate of drug-likeness (QED) is 0.675. The van der Waals surface area contributed by atoms with E-state index >= 15 is 0 Å². The minimum absolute atomic E-state index is 0.793. The van der Waals surface area contributed by atoms with Gasteiger partial charge >= 0.3 is 0 Å². The Labute approximate surface area is 137 Å². The van der Waals surface area contributed by atoms with E-state index in [0.29, 0.717) is 0 Å². The van der Waals surface area contributed by atoms with Gasteiger partial charge in [0.2, 0.25) is 0 Å². The molecule has 1 heterocycles. The Bertz CT molecular complexity index is 742. The molecule has 0 atom stereocenters. The summed E-state index contributed by atoms with van der Waals surface area (Å²) in [5.74, 6) is 0.947. The van der Waals surface area contributed by atoms with Crippen LogP contribution in [0, 0.1) is 13.8 Å². The van der Waals surface area contributed by atoms with E-state index in [-0.39, 0.29) is 0 Å². The van der Waals surface area contributed by atoms with Crippen LogP contribution in [0.1, 0.15) is 22.5 Å². The zero-order valence-corrected chi connectivity index (χ0v) is 13.8. The fraction of sp³-hybridized carbons (Fsp3) is 0.250. The predicted octanol–water partition coefficient (Wildman–Crippen LogP) is 4.03. The van der Waals surface area contributed by atoms with Gasteiger partial charge in [0, 0.05) is 17.8 Å². The Hall–Kier alpha value is -2.39. The molecule has 0 aliphatic rings. The normalized spacial score (nSPS) is 10.9. The molecule has 3 heteroatoms. The van der Waals surface area contributed by atoms with Gasteiger partial charge in [-0.25, -0.2) is 4.98 Å². The molecule has 0 saturated heterocycles. The van der Waals surface area contributed by atoms with Crippen LogP contribution in [-0.4, -0.2) is 16.5 Å². The second-order valence-electron chi connectivity index (χ2n) is 5.94. The molecule has 0 unspecified atom stereocenters. The maximum Gasteiger partial charge on any atom is 0.137 e. The molecule has 0 fully saturated rings. The second kappa shape index (κ2) is 7.25. The summed E-state index contributed by atoms with van der Waals surface area (Å²) in [6.07, 6.45) is 1.04. The summed E-state index contributed by atoms with van der Waals surface area (Å²) in [7, 11) is 0. The molecule has 0 amide bonds. The first kappa shape index (κ1) is 15.5. The van der Waals surface area contributed by atoms with Crippen LogP contribution in [0.3, 0.4) is 0 Å². The van der Waals surface area contributed by atoms with Crippen LogP contribution in [0.5, 0.6) is 0 Å². The summed E-state index contributed by atoms with van der Waals surface area (Å²) >= 11 is 0. The van der Waals surface area contributed by atoms with E-state index in [4.69, 9.17) is 4.98 Å². The summed E-state index contributed by atoms with van der Waals surface area (Å²) in [5.41, 5.74) is 5.98. The Kier molecular flexibility index (Phi) is 4.89. The monoisotopic (exact) mass is 305 g/mol. The van der Waals surface area contributed by atoms with Crippen molar-refractivity contribution in [1.82, 2.24) is 15.3 Å². The summed E-state index contributed by atoms with van der Waals surface area (Å²) in [6.45, 7) is 5.93. The lowest BCUT2D eigenvalue weighted by Gasteiger charge is -2.03. The van der Waals surface area contributed by atoms with Gasteiger partial charge in [-0.3, -0.25) is 0 Å². The van der Waals surface area contributed by atoms with Gasteiger partial charge in [-0.05, 0) is 32.4 Å². The molecular formula is C20H23N3. The topological polar surface area (TPSA) is 40.7 Å². The lowest BCUT2D eigenvalue weighted by atomic mass is 10.1. The fourth-order valence-electron chi connectivity index (χ4n) is 2.60. The highest BCUT2D eigenvalue weighted by Gasteiger charge is 2.08. The molecule has 0 spiro atoms. The third-order valence-electron chi connectivity index (χ3n) is 4.04. The van der Waals surface area contributed by atoms with Crippen molar-refractivity contribution < 1.29 is 0 Å². The number of aryl methyl sites for hydroxylation is 2. The van der Waals surface area contributed by atoms with Crippen LogP contribution in [0.25, 0.3) is 11.4 Å². The maximum atomic E-state index is 4.74. The Morgan fingerprint density at radius 2 is 1.70 bits per heavy atom. The number of H-pyrrole nitrogens is 1. The molecule has 3 rings (SSSR count). The van der Waals surface area contributed by atoms with E-state index in [1.165, 1.54) is 11.1 Å². The van der Waals surface area contributed by atoms with Gasteiger partial charge in [-0.1, -0.05) is 60.2 Å². The largest absolute Gasteiger partial charge is 0.342 e. The van der Waals surface area contributed by atoms with Crippen molar-refractivity contribution in [2.24, 2.45) is 0 Å². The lowest BCUT2D eigenvalue weighted by Crippen LogP contribution is -2.17. The number of imidazole rings is 1. The molecule has 3 aromatic rings. The van der Waals surface area contributed by atoms with Crippen molar-refractivity contribution in [3.8, 4) is 11.4 Å². The van der Waals surface area contributed by atoms with Crippen LogP contribution < -0.4 is 5.32 Å². The Morgan fingerprint density at radius 3 is 2.43 bits per heavy atom. The summed E-state index contributed by atoms with van der Waals surface area (Å²) in [5, 5.41) is 3.48. The summed E-state index contributed by atoms with van der Waals surface area (Å²) in [6, 6.07) is 19.0. The maximum absolute atomic E-state index is 4.74. The Balaban J connectivity index is 1.57. The van der Waals surface area contributed by atoms with E-state index in [1.54, 1.807) is 0 Å². The highest BCUT2D eigenvalue weighted by molar-refractivity contribution is 5.56. The standard InChI is InChI=1S/C20H23N3/c1-15-8-10-18(11-9-15)20-22-16(2)19(23-20)14-21-13-12-17-6-4-3-5-7-17/h3-11,21H,12-14H2,1-2H3,(H,22,23). The van der Waals surface area contributed by atoms with Crippen molar-refractivity contribution in [3.05, 3.63) is 77.1 Å². The first-order valence-electron chi connectivity index (χ1n) is 8.09. The van der Waals surface area contributed by atoms with Crippen LogP contribution in [0.15, 0.2) is 54.6 Å². The molecule has 3 nitrogen and oxygen atoms in total. The third-order valence-corrected chi connectivity index (χ3v) is 4.04. The number of hydrogen-bond acceptors (Lipinski definition) is 2. The Morgan fingerprint density at radius 1 is 0.957 bits per heavy atom. The molecule has 118 valence electrons. The number of nitrogens with one attached hydrogen (secondary N) is 2. The van der Waals surface area contributed by atoms with E-state index < -0.39 is 0 Å². The van der Waals surface area contributed by atoms with Gasteiger partial charge in [0.05, 0.1) is 5.69 Å². The van der Waals surface area contributed by atoms with Crippen LogP contribution in [0.4, 0.5) is 0 Å². The molecule has 0 saturated carbocycles. The molecule has 0 aliphatic heterocycles. The molecular weight excluding hydrogens is 282 g/mol. The van der Waals surface area contributed by atoms with Crippen LogP contribution >= 0.6 is 0 Å². The second-order valence-corrected chi connectivity index (χ2v) is 5.94. The average Bonchev–Trinajstić information content (AvgIpc) is 2.94. The van der Waals surface area contributed by atoms with Crippen molar-refractivity contribution in [2.45, 2.75) is 26.8 Å². The highest BCUT2D eigenvalue weighted by atomic mass is 15.0. The van der Waals surface area contributed by atoms with Gasteiger partial charge < -0.3 is 10.3 Å². The molecule has 0 radical (unpaired) electrons. The molecule has 23 heavy (non-hydrogen) atoms. The summed E-state index contributed by atoms with van der Waals surface area (Å²) in [4.78, 5) is 8.12. The third kappa shape index (κ3) is 4.08. The van der Waals surface area contributed by atoms with Gasteiger partial charge in [0.1, 0.15) is 5.82 Å². The van der Waals surface area contributed by atoms with Gasteiger partial charge in [0.25, 0.3) is 0 Å². The minimum Gasteiger partial charge on any atom is -0.342 e. The van der Waals surface area contributed by atoms with E-state index in [2.05, 4.69) is 78.7 Å². The predicted molar refractivity (Wildman–Crippen MR) is 95.4 cm³/mol. The number of hydrogen-bond donors (Lipinski definition) is 2. The first-order chi connectivity index (χ1) is 11.2. The highest BCUT2D eigenvalue weighted by Crippen LogP contribution is 2.18. The molecule has 0 bridgehead atoms. The zero-order chi connectivity index (χ0) is 16.1. The molecule has 2 N–H and O–H groups in total. The average molecular weight is 305 g/mol. The van der Waals surface area contributed by atoms with E-state index in [1.807, 2.05) is 0 Å². The van der Waals surface area contributed by atoms with Gasteiger partial charge in [-0.15, -0.1) is 0 Å². The number of aromatic amines is 1. The molecule has 2 aromatic carbocycles. The van der Waals surface area contributed by atoms with Crippen molar-refractivity contribution in [2.75, 3.05) is 6.54 Å². The minimum atomic E-state index is 0.793. The fourth-order valence-corrected chi connectivity index (χ4v) is 2.60. The molecule has 1 aromatic heterocycles. The number of benzene rings is 2. The van der Waals surface area contributed by atoms with Crippen molar-refractivity contribution >= 4 is 0 Å². The van der Waals surface area contributed by atoms with Crippen LogP contribution in [0.2, 0.25) is 0 Å². The first-order valence-corrected chi connectivity index (χ1v) is 8.09. The van der Waals surface area contributed by atoms with Crippen LogP contribution in [-0.2, 0) is 13.0 Å². The van der Waals surface area contributed by atoms with Gasteiger partial charge in [-0.2, -0.15) is 0 Å². The zero-order valence-electron chi connectivity index (χ0n) is 13.8. The summed E-state index contributed by atoms with van der Waals surface area (Å²) < 4.78 is 0. The van der Waals surface area contributed by atoms with E-state index in [9.17, 15) is 0 Å². The van der Waals surface area contributed by atoms with E-state index in [0.717, 1.165) is 42.3 Å². The number of aromatic nitrogens is 2. The van der Waals surface area contributed by atoms with Crippen molar-refractivity contribution in [3.63, 3.8) is 0 Å². The number of nitrogens with zero attached hydrogens (tertiary/aromatic N) is 1. The van der Waals surface area contributed by atoms with Gasteiger partial charge in [0.15, 0.2) is 0 Å². The SMILES string of the molecule is Cc1ccc(-c2nc(CNCCc3ccccc3)c(C)[nH]2)cc1. The number of rotatable bonds is 6. The van der Waals surface area contributed by atoms with Crippen molar-refractivity contribution in [1.29, 1.82) is 0 Å². The smallest absolute Gasteiger partial charge is 0.137 e. The molecule has 0 aliphatic carbocycles. The lowest BCUT2D eigenvalue weighted by molar-refractivity contribution is 0.674.